The predicted octanol–water partition coefficient (Wildman–Crippen LogP) is 4.29. The molecule has 0 aliphatic carbocycles. The van der Waals surface area contributed by atoms with Gasteiger partial charge in [-0.2, -0.15) is 0 Å². The first-order chi connectivity index (χ1) is 15.5. The van der Waals surface area contributed by atoms with E-state index >= 15 is 0 Å². The average Bonchev–Trinajstić information content (AvgIpc) is 3.40. The van der Waals surface area contributed by atoms with Gasteiger partial charge in [-0.1, -0.05) is 46.7 Å². The largest absolute Gasteiger partial charge is 0.461 e. The molecule has 0 atom stereocenters. The number of hydrogen-bond acceptors (Lipinski definition) is 7. The molecule has 32 heavy (non-hydrogen) atoms. The summed E-state index contributed by atoms with van der Waals surface area (Å²) < 4.78 is 12.2. The summed E-state index contributed by atoms with van der Waals surface area (Å²) >= 11 is 1.33. The molecule has 0 aliphatic heterocycles. The minimum atomic E-state index is -0.527. The van der Waals surface area contributed by atoms with E-state index in [1.165, 1.54) is 11.8 Å². The topological polar surface area (TPSA) is 99.2 Å². The number of carbonyl (C=O) groups is 2. The number of ether oxygens (including phenoxy) is 1. The van der Waals surface area contributed by atoms with Crippen molar-refractivity contribution < 1.29 is 18.8 Å². The fourth-order valence-corrected chi connectivity index (χ4v) is 3.94. The SMILES string of the molecule is CCOC(=O)c1cc(Cn2c(SCC(=O)Nc3ccc(C)cc3)nc3ccccc32)on1. The Bertz CT molecular complexity index is 1250. The molecule has 1 N–H and O–H groups in total. The van der Waals surface area contributed by atoms with Crippen molar-refractivity contribution in [3.8, 4) is 0 Å². The number of nitrogens with one attached hydrogen (secondary N) is 1. The zero-order valence-corrected chi connectivity index (χ0v) is 18.5. The van der Waals surface area contributed by atoms with Crippen molar-refractivity contribution in [3.05, 3.63) is 71.6 Å². The smallest absolute Gasteiger partial charge is 0.360 e. The minimum absolute atomic E-state index is 0.123. The molecule has 4 aromatic rings. The van der Waals surface area contributed by atoms with Crippen LogP contribution >= 0.6 is 11.8 Å². The van der Waals surface area contributed by atoms with Gasteiger partial charge < -0.3 is 19.1 Å². The Labute approximate surface area is 188 Å². The summed E-state index contributed by atoms with van der Waals surface area (Å²) in [5, 5.41) is 7.36. The minimum Gasteiger partial charge on any atom is -0.461 e. The van der Waals surface area contributed by atoms with E-state index in [4.69, 9.17) is 9.26 Å². The standard InChI is InChI=1S/C23H22N4O4S/c1-3-30-22(29)19-12-17(31-26-19)13-27-20-7-5-4-6-18(20)25-23(27)32-14-21(28)24-16-10-8-15(2)9-11-16/h4-12H,3,13-14H2,1-2H3,(H,24,28). The third kappa shape index (κ3) is 5.00. The second-order valence-corrected chi connectivity index (χ2v) is 8.01. The van der Waals surface area contributed by atoms with Crippen LogP contribution in [-0.4, -0.2) is 38.9 Å². The number of rotatable bonds is 8. The van der Waals surface area contributed by atoms with Gasteiger partial charge in [0, 0.05) is 11.8 Å². The lowest BCUT2D eigenvalue weighted by Crippen LogP contribution is -2.14. The summed E-state index contributed by atoms with van der Waals surface area (Å²) in [7, 11) is 0. The van der Waals surface area contributed by atoms with Gasteiger partial charge in [-0.25, -0.2) is 9.78 Å². The summed E-state index contributed by atoms with van der Waals surface area (Å²) in [5.74, 6) is 0.0334. The van der Waals surface area contributed by atoms with E-state index in [-0.39, 0.29) is 24.0 Å². The molecular formula is C23H22N4O4S. The molecule has 1 amide bonds. The zero-order valence-electron chi connectivity index (χ0n) is 17.7. The number of aryl methyl sites for hydroxylation is 1. The number of aromatic nitrogens is 3. The number of para-hydroxylation sites is 2. The molecule has 9 heteroatoms. The second-order valence-electron chi connectivity index (χ2n) is 7.07. The lowest BCUT2D eigenvalue weighted by Gasteiger charge is -2.08. The lowest BCUT2D eigenvalue weighted by atomic mass is 10.2. The molecule has 2 aromatic heterocycles. The van der Waals surface area contributed by atoms with Crippen LogP contribution in [-0.2, 0) is 16.1 Å². The van der Waals surface area contributed by atoms with Gasteiger partial charge >= 0.3 is 5.97 Å². The van der Waals surface area contributed by atoms with Crippen LogP contribution in [0.15, 0.2) is 64.3 Å². The Hall–Kier alpha value is -3.59. The quantitative estimate of drug-likeness (QED) is 0.316. The van der Waals surface area contributed by atoms with Crippen LogP contribution in [0.2, 0.25) is 0 Å². The van der Waals surface area contributed by atoms with Gasteiger partial charge in [-0.05, 0) is 38.1 Å². The zero-order chi connectivity index (χ0) is 22.5. The highest BCUT2D eigenvalue weighted by Crippen LogP contribution is 2.26. The monoisotopic (exact) mass is 450 g/mol. The number of carbonyl (C=O) groups excluding carboxylic acids is 2. The van der Waals surface area contributed by atoms with Gasteiger partial charge in [0.05, 0.1) is 29.9 Å². The van der Waals surface area contributed by atoms with E-state index in [2.05, 4.69) is 15.5 Å². The number of esters is 1. The molecule has 0 radical (unpaired) electrons. The molecular weight excluding hydrogens is 428 g/mol. The first-order valence-electron chi connectivity index (χ1n) is 10.1. The molecule has 0 saturated carbocycles. The Morgan fingerprint density at radius 1 is 1.16 bits per heavy atom. The van der Waals surface area contributed by atoms with Crippen molar-refractivity contribution in [1.82, 2.24) is 14.7 Å². The molecule has 2 heterocycles. The second kappa shape index (κ2) is 9.69. The van der Waals surface area contributed by atoms with E-state index in [9.17, 15) is 9.59 Å². The number of amides is 1. The molecule has 0 unspecified atom stereocenters. The summed E-state index contributed by atoms with van der Waals surface area (Å²) in [6, 6.07) is 16.9. The molecule has 0 fully saturated rings. The van der Waals surface area contributed by atoms with Crippen molar-refractivity contribution >= 4 is 40.4 Å². The molecule has 4 rings (SSSR count). The third-order valence-corrected chi connectivity index (χ3v) is 5.62. The maximum Gasteiger partial charge on any atom is 0.360 e. The average molecular weight is 451 g/mol. The van der Waals surface area contributed by atoms with E-state index in [0.717, 1.165) is 22.3 Å². The van der Waals surface area contributed by atoms with Crippen LogP contribution in [0.25, 0.3) is 11.0 Å². The summed E-state index contributed by atoms with van der Waals surface area (Å²) in [6.07, 6.45) is 0. The van der Waals surface area contributed by atoms with Crippen LogP contribution in [0.3, 0.4) is 0 Å². The first kappa shape index (κ1) is 21.6. The summed E-state index contributed by atoms with van der Waals surface area (Å²) in [6.45, 7) is 4.30. The van der Waals surface area contributed by atoms with Crippen molar-refractivity contribution in [2.24, 2.45) is 0 Å². The van der Waals surface area contributed by atoms with Gasteiger partial charge in [-0.3, -0.25) is 4.79 Å². The Morgan fingerprint density at radius 2 is 1.94 bits per heavy atom. The lowest BCUT2D eigenvalue weighted by molar-refractivity contribution is -0.113. The van der Waals surface area contributed by atoms with Crippen molar-refractivity contribution in [2.45, 2.75) is 25.5 Å². The molecule has 8 nitrogen and oxygen atoms in total. The molecule has 0 bridgehead atoms. The van der Waals surface area contributed by atoms with Crippen LogP contribution < -0.4 is 5.32 Å². The van der Waals surface area contributed by atoms with E-state index in [0.29, 0.717) is 17.5 Å². The fourth-order valence-electron chi connectivity index (χ4n) is 3.13. The van der Waals surface area contributed by atoms with Gasteiger partial charge in [-0.15, -0.1) is 0 Å². The third-order valence-electron chi connectivity index (χ3n) is 4.64. The molecule has 0 saturated heterocycles. The number of imidazole rings is 1. The number of fused-ring (bicyclic) bond motifs is 1. The number of benzene rings is 2. The van der Waals surface area contributed by atoms with Crippen molar-refractivity contribution in [3.63, 3.8) is 0 Å². The van der Waals surface area contributed by atoms with Crippen LogP contribution in [0.1, 0.15) is 28.7 Å². The van der Waals surface area contributed by atoms with Crippen molar-refractivity contribution in [1.29, 1.82) is 0 Å². The van der Waals surface area contributed by atoms with Crippen LogP contribution in [0, 0.1) is 6.92 Å². The van der Waals surface area contributed by atoms with Gasteiger partial charge in [0.25, 0.3) is 0 Å². The van der Waals surface area contributed by atoms with E-state index in [1.54, 1.807) is 13.0 Å². The van der Waals surface area contributed by atoms with Crippen molar-refractivity contribution in [2.75, 3.05) is 17.7 Å². The Balaban J connectivity index is 1.51. The maximum atomic E-state index is 12.4. The Morgan fingerprint density at radius 3 is 2.72 bits per heavy atom. The summed E-state index contributed by atoms with van der Waals surface area (Å²) in [4.78, 5) is 29.0. The predicted molar refractivity (Wildman–Crippen MR) is 122 cm³/mol. The highest BCUT2D eigenvalue weighted by Gasteiger charge is 2.18. The van der Waals surface area contributed by atoms with Gasteiger partial charge in [0.1, 0.15) is 0 Å². The summed E-state index contributed by atoms with van der Waals surface area (Å²) in [5.41, 5.74) is 3.70. The highest BCUT2D eigenvalue weighted by atomic mass is 32.2. The van der Waals surface area contributed by atoms with E-state index < -0.39 is 5.97 Å². The molecule has 0 aliphatic rings. The van der Waals surface area contributed by atoms with E-state index in [1.807, 2.05) is 60.0 Å². The number of thioether (sulfide) groups is 1. The fraction of sp³-hybridized carbons (Fsp3) is 0.217. The normalized spacial score (nSPS) is 10.9. The van der Waals surface area contributed by atoms with Gasteiger partial charge in [0.2, 0.25) is 5.91 Å². The highest BCUT2D eigenvalue weighted by molar-refractivity contribution is 7.99. The molecule has 2 aromatic carbocycles. The first-order valence-corrected chi connectivity index (χ1v) is 11.1. The van der Waals surface area contributed by atoms with Gasteiger partial charge in [0.15, 0.2) is 16.6 Å². The number of anilines is 1. The van der Waals surface area contributed by atoms with Crippen LogP contribution in [0.5, 0.6) is 0 Å². The Kier molecular flexibility index (Phi) is 6.55. The molecule has 0 spiro atoms. The maximum absolute atomic E-state index is 12.4. The molecule has 164 valence electrons. The number of nitrogens with zero attached hydrogens (tertiary/aromatic N) is 3. The van der Waals surface area contributed by atoms with Crippen LogP contribution in [0.4, 0.5) is 5.69 Å². The number of hydrogen-bond donors (Lipinski definition) is 1.